The van der Waals surface area contributed by atoms with Crippen LogP contribution in [0.15, 0.2) is 30.3 Å². The molecule has 3 aliphatic heterocycles. The van der Waals surface area contributed by atoms with Gasteiger partial charge < -0.3 is 9.64 Å². The molecule has 1 atom stereocenters. The molecule has 2 fully saturated rings. The topological polar surface area (TPSA) is 53.1 Å². The number of piperazine rings is 1. The third-order valence-electron chi connectivity index (χ3n) is 6.28. The van der Waals surface area contributed by atoms with E-state index in [4.69, 9.17) is 4.74 Å². The molecule has 1 aromatic carbocycles. The first-order valence-electron chi connectivity index (χ1n) is 10.7. The normalized spacial score (nSPS) is 22.2. The lowest BCUT2D eigenvalue weighted by molar-refractivity contribution is 0.0475. The third-order valence-corrected chi connectivity index (χ3v) is 7.26. The second-order valence-corrected chi connectivity index (χ2v) is 9.70. The van der Waals surface area contributed by atoms with Gasteiger partial charge in [0, 0.05) is 49.1 Å². The molecule has 1 unspecified atom stereocenters. The molecule has 0 N–H and O–H groups in total. The van der Waals surface area contributed by atoms with Crippen LogP contribution in [0.5, 0.6) is 0 Å². The highest BCUT2D eigenvalue weighted by Gasteiger charge is 2.40. The van der Waals surface area contributed by atoms with E-state index < -0.39 is 0 Å². The molecule has 3 aliphatic rings. The van der Waals surface area contributed by atoms with Crippen molar-refractivity contribution < 1.29 is 14.3 Å². The number of benzene rings is 1. The number of ether oxygens (including phenoxy) is 1. The number of aryl methyl sites for hydroxylation is 1. The van der Waals surface area contributed by atoms with Crippen LogP contribution in [0.4, 0.5) is 5.69 Å². The molecule has 7 heteroatoms. The lowest BCUT2D eigenvalue weighted by atomic mass is 10.1. The van der Waals surface area contributed by atoms with Gasteiger partial charge in [-0.15, -0.1) is 11.3 Å². The van der Waals surface area contributed by atoms with Gasteiger partial charge in [-0.3, -0.25) is 19.4 Å². The first kappa shape index (κ1) is 19.7. The average Bonchev–Trinajstić information content (AvgIpc) is 3.47. The molecule has 6 nitrogen and oxygen atoms in total. The van der Waals surface area contributed by atoms with Crippen LogP contribution >= 0.6 is 11.3 Å². The summed E-state index contributed by atoms with van der Waals surface area (Å²) in [6.07, 6.45) is 1.88. The average molecular weight is 426 g/mol. The molecule has 0 bridgehead atoms. The van der Waals surface area contributed by atoms with Crippen LogP contribution in [0.1, 0.15) is 43.3 Å². The second kappa shape index (κ2) is 8.13. The SMILES string of the molecule is Cc1ccc(CN2CCN(c3cccc4c3C(=O)N(CC3CCCO3)C4=O)CC2)s1. The van der Waals surface area contributed by atoms with E-state index in [2.05, 4.69) is 28.9 Å². The number of fused-ring (bicyclic) bond motifs is 1. The van der Waals surface area contributed by atoms with E-state index in [0.29, 0.717) is 24.3 Å². The summed E-state index contributed by atoms with van der Waals surface area (Å²) in [7, 11) is 0. The quantitative estimate of drug-likeness (QED) is 0.689. The van der Waals surface area contributed by atoms with E-state index in [-0.39, 0.29) is 17.9 Å². The smallest absolute Gasteiger partial charge is 0.263 e. The maximum absolute atomic E-state index is 13.2. The zero-order valence-electron chi connectivity index (χ0n) is 17.3. The maximum Gasteiger partial charge on any atom is 0.263 e. The van der Waals surface area contributed by atoms with E-state index >= 15 is 0 Å². The monoisotopic (exact) mass is 425 g/mol. The number of carbonyl (C=O) groups excluding carboxylic acids is 2. The standard InChI is InChI=1S/C23H27N3O3S/c1-16-7-8-18(30-16)15-24-9-11-25(12-10-24)20-6-2-5-19-21(20)23(28)26(22(19)27)14-17-4-3-13-29-17/h2,5-8,17H,3-4,9-15H2,1H3. The molecule has 0 saturated carbocycles. The van der Waals surface area contributed by atoms with Crippen molar-refractivity contribution in [1.29, 1.82) is 0 Å². The van der Waals surface area contributed by atoms with Crippen LogP contribution in [0.3, 0.4) is 0 Å². The molecule has 158 valence electrons. The van der Waals surface area contributed by atoms with Crippen molar-refractivity contribution in [1.82, 2.24) is 9.80 Å². The van der Waals surface area contributed by atoms with Crippen LogP contribution in [0.25, 0.3) is 0 Å². The fourth-order valence-corrected chi connectivity index (χ4v) is 5.61. The Morgan fingerprint density at radius 2 is 1.90 bits per heavy atom. The Hall–Kier alpha value is -2.22. The summed E-state index contributed by atoms with van der Waals surface area (Å²) in [6.45, 7) is 7.80. The maximum atomic E-state index is 13.2. The van der Waals surface area contributed by atoms with Gasteiger partial charge in [0.1, 0.15) is 0 Å². The highest BCUT2D eigenvalue weighted by atomic mass is 32.1. The van der Waals surface area contributed by atoms with E-state index in [1.54, 1.807) is 6.07 Å². The number of rotatable bonds is 5. The molecular weight excluding hydrogens is 398 g/mol. The highest BCUT2D eigenvalue weighted by Crippen LogP contribution is 2.33. The molecule has 5 rings (SSSR count). The summed E-state index contributed by atoms with van der Waals surface area (Å²) >= 11 is 1.86. The van der Waals surface area contributed by atoms with Crippen molar-refractivity contribution in [2.75, 3.05) is 44.2 Å². The molecule has 0 radical (unpaired) electrons. The van der Waals surface area contributed by atoms with Crippen LogP contribution in [0.2, 0.25) is 0 Å². The first-order valence-corrected chi connectivity index (χ1v) is 11.6. The molecular formula is C23H27N3O3S. The first-order chi connectivity index (χ1) is 14.6. The fourth-order valence-electron chi connectivity index (χ4n) is 4.67. The summed E-state index contributed by atoms with van der Waals surface area (Å²) < 4.78 is 5.66. The van der Waals surface area contributed by atoms with Crippen molar-refractivity contribution in [2.24, 2.45) is 0 Å². The number of imide groups is 1. The lowest BCUT2D eigenvalue weighted by Crippen LogP contribution is -2.46. The van der Waals surface area contributed by atoms with Gasteiger partial charge in [0.2, 0.25) is 0 Å². The number of anilines is 1. The van der Waals surface area contributed by atoms with Gasteiger partial charge >= 0.3 is 0 Å². The Bertz CT molecular complexity index is 958. The van der Waals surface area contributed by atoms with E-state index in [9.17, 15) is 9.59 Å². The molecule has 4 heterocycles. The van der Waals surface area contributed by atoms with E-state index in [1.807, 2.05) is 23.5 Å². The highest BCUT2D eigenvalue weighted by molar-refractivity contribution is 7.11. The summed E-state index contributed by atoms with van der Waals surface area (Å²) in [5, 5.41) is 0. The Labute approximate surface area is 181 Å². The molecule has 1 aromatic heterocycles. The zero-order valence-corrected chi connectivity index (χ0v) is 18.1. The largest absolute Gasteiger partial charge is 0.376 e. The number of hydrogen-bond acceptors (Lipinski definition) is 6. The zero-order chi connectivity index (χ0) is 20.7. The van der Waals surface area contributed by atoms with Gasteiger partial charge in [0.25, 0.3) is 11.8 Å². The van der Waals surface area contributed by atoms with E-state index in [1.165, 1.54) is 14.7 Å². The number of amides is 2. The molecule has 0 spiro atoms. The third kappa shape index (κ3) is 3.66. The van der Waals surface area contributed by atoms with Crippen LogP contribution in [0, 0.1) is 6.92 Å². The van der Waals surface area contributed by atoms with Crippen molar-refractivity contribution >= 4 is 28.8 Å². The van der Waals surface area contributed by atoms with Gasteiger partial charge in [0.05, 0.1) is 29.5 Å². The Morgan fingerprint density at radius 1 is 1.07 bits per heavy atom. The predicted octanol–water partition coefficient (Wildman–Crippen LogP) is 3.15. The number of hydrogen-bond donors (Lipinski definition) is 0. The predicted molar refractivity (Wildman–Crippen MR) is 117 cm³/mol. The lowest BCUT2D eigenvalue weighted by Gasteiger charge is -2.36. The Kier molecular flexibility index (Phi) is 5.35. The molecule has 2 saturated heterocycles. The van der Waals surface area contributed by atoms with Gasteiger partial charge in [0.15, 0.2) is 0 Å². The molecule has 0 aliphatic carbocycles. The van der Waals surface area contributed by atoms with Gasteiger partial charge in [-0.05, 0) is 44.0 Å². The van der Waals surface area contributed by atoms with Gasteiger partial charge in [-0.1, -0.05) is 6.07 Å². The van der Waals surface area contributed by atoms with Gasteiger partial charge in [-0.2, -0.15) is 0 Å². The summed E-state index contributed by atoms with van der Waals surface area (Å²) in [6, 6.07) is 10.1. The van der Waals surface area contributed by atoms with Gasteiger partial charge in [-0.25, -0.2) is 0 Å². The summed E-state index contributed by atoms with van der Waals surface area (Å²) in [5.41, 5.74) is 2.00. The van der Waals surface area contributed by atoms with E-state index in [0.717, 1.165) is 51.3 Å². The minimum absolute atomic E-state index is 0.0277. The molecule has 2 amide bonds. The summed E-state index contributed by atoms with van der Waals surface area (Å²) in [5.74, 6) is -0.350. The van der Waals surface area contributed by atoms with Crippen LogP contribution in [-0.4, -0.2) is 67.0 Å². The van der Waals surface area contributed by atoms with Crippen molar-refractivity contribution in [3.63, 3.8) is 0 Å². The number of nitrogens with zero attached hydrogens (tertiary/aromatic N) is 3. The van der Waals surface area contributed by atoms with Crippen molar-refractivity contribution in [2.45, 2.75) is 32.4 Å². The molecule has 2 aromatic rings. The number of carbonyl (C=O) groups is 2. The van der Waals surface area contributed by atoms with Crippen LogP contribution < -0.4 is 4.90 Å². The van der Waals surface area contributed by atoms with Crippen molar-refractivity contribution in [3.05, 3.63) is 51.2 Å². The molecule has 30 heavy (non-hydrogen) atoms. The second-order valence-electron chi connectivity index (χ2n) is 8.33. The summed E-state index contributed by atoms with van der Waals surface area (Å²) in [4.78, 5) is 34.9. The van der Waals surface area contributed by atoms with Crippen LogP contribution in [-0.2, 0) is 11.3 Å². The minimum Gasteiger partial charge on any atom is -0.376 e. The minimum atomic E-state index is -0.181. The Balaban J connectivity index is 1.29. The number of thiophene rings is 1. The Morgan fingerprint density at radius 3 is 2.60 bits per heavy atom. The fraction of sp³-hybridized carbons (Fsp3) is 0.478. The van der Waals surface area contributed by atoms with Crippen molar-refractivity contribution in [3.8, 4) is 0 Å².